The van der Waals surface area contributed by atoms with Crippen molar-refractivity contribution in [3.8, 4) is 0 Å². The van der Waals surface area contributed by atoms with Crippen LogP contribution >= 0.6 is 11.6 Å². The predicted molar refractivity (Wildman–Crippen MR) is 72.5 cm³/mol. The van der Waals surface area contributed by atoms with Crippen molar-refractivity contribution in [3.05, 3.63) is 17.1 Å². The molecule has 0 fully saturated rings. The maximum Gasteiger partial charge on any atom is 0.246 e. The Bertz CT molecular complexity index is 508. The molecule has 0 amide bonds. The summed E-state index contributed by atoms with van der Waals surface area (Å²) in [5.41, 5.74) is 0.567. The van der Waals surface area contributed by atoms with Crippen LogP contribution in [-0.4, -0.2) is 26.3 Å². The van der Waals surface area contributed by atoms with E-state index in [-0.39, 0.29) is 10.8 Å². The van der Waals surface area contributed by atoms with E-state index in [9.17, 15) is 8.42 Å². The number of halogens is 1. The third-order valence-electron chi connectivity index (χ3n) is 2.95. The van der Waals surface area contributed by atoms with Crippen molar-refractivity contribution >= 4 is 21.6 Å². The van der Waals surface area contributed by atoms with Crippen LogP contribution in [0, 0.1) is 13.8 Å². The summed E-state index contributed by atoms with van der Waals surface area (Å²) < 4.78 is 31.7. The van der Waals surface area contributed by atoms with Crippen LogP contribution in [0.25, 0.3) is 0 Å². The first-order chi connectivity index (χ1) is 8.36. The molecule has 0 unspecified atom stereocenters. The molecular formula is C12H20ClNO3S. The highest BCUT2D eigenvalue weighted by atomic mass is 35.5. The van der Waals surface area contributed by atoms with Crippen LogP contribution in [0.15, 0.2) is 9.31 Å². The van der Waals surface area contributed by atoms with Crippen molar-refractivity contribution < 1.29 is 12.8 Å². The summed E-state index contributed by atoms with van der Waals surface area (Å²) >= 11 is 5.82. The predicted octanol–water partition coefficient (Wildman–Crippen LogP) is 3.06. The van der Waals surface area contributed by atoms with Crippen molar-refractivity contribution in [2.45, 2.75) is 44.4 Å². The molecule has 0 aliphatic rings. The topological polar surface area (TPSA) is 50.5 Å². The highest BCUT2D eigenvalue weighted by Gasteiger charge is 2.29. The second-order valence-corrected chi connectivity index (χ2v) is 6.58. The van der Waals surface area contributed by atoms with Gasteiger partial charge in [-0.25, -0.2) is 12.7 Å². The van der Waals surface area contributed by atoms with Crippen molar-refractivity contribution in [1.82, 2.24) is 4.31 Å². The Morgan fingerprint density at radius 2 is 1.89 bits per heavy atom. The molecule has 4 nitrogen and oxygen atoms in total. The van der Waals surface area contributed by atoms with Gasteiger partial charge in [0.25, 0.3) is 0 Å². The number of furan rings is 1. The van der Waals surface area contributed by atoms with Gasteiger partial charge in [-0.2, -0.15) is 0 Å². The molecule has 0 N–H and O–H groups in total. The van der Waals surface area contributed by atoms with E-state index in [2.05, 4.69) is 0 Å². The van der Waals surface area contributed by atoms with E-state index in [1.165, 1.54) is 4.31 Å². The lowest BCUT2D eigenvalue weighted by Crippen LogP contribution is -2.28. The summed E-state index contributed by atoms with van der Waals surface area (Å²) in [7, 11) is -1.92. The number of hydrogen-bond donors (Lipinski definition) is 0. The Morgan fingerprint density at radius 3 is 2.39 bits per heavy atom. The molecule has 18 heavy (non-hydrogen) atoms. The normalized spacial score (nSPS) is 12.3. The number of alkyl halides is 1. The molecule has 0 aromatic carbocycles. The molecule has 0 aliphatic heterocycles. The Kier molecular flexibility index (Phi) is 5.25. The maximum absolute atomic E-state index is 12.5. The van der Waals surface area contributed by atoms with Gasteiger partial charge in [-0.05, 0) is 20.3 Å². The van der Waals surface area contributed by atoms with E-state index in [0.717, 1.165) is 12.8 Å². The minimum absolute atomic E-state index is 0.138. The number of unbranched alkanes of at least 4 members (excludes halogenated alkanes) is 1. The van der Waals surface area contributed by atoms with Crippen LogP contribution in [0.5, 0.6) is 0 Å². The molecule has 6 heteroatoms. The first-order valence-corrected chi connectivity index (χ1v) is 7.94. The van der Waals surface area contributed by atoms with Crippen LogP contribution in [0.1, 0.15) is 36.8 Å². The molecule has 1 heterocycles. The third kappa shape index (κ3) is 2.90. The van der Waals surface area contributed by atoms with Gasteiger partial charge < -0.3 is 4.42 Å². The lowest BCUT2D eigenvalue weighted by Gasteiger charge is -2.17. The summed E-state index contributed by atoms with van der Waals surface area (Å²) in [4.78, 5) is 0.230. The Balaban J connectivity index is 3.20. The molecule has 0 bridgehead atoms. The summed E-state index contributed by atoms with van der Waals surface area (Å²) in [6.45, 7) is 5.92. The van der Waals surface area contributed by atoms with Crippen LogP contribution in [0.3, 0.4) is 0 Å². The van der Waals surface area contributed by atoms with Gasteiger partial charge in [0.1, 0.15) is 16.4 Å². The van der Waals surface area contributed by atoms with Crippen LogP contribution in [0.2, 0.25) is 0 Å². The van der Waals surface area contributed by atoms with Gasteiger partial charge in [0.05, 0.1) is 5.88 Å². The third-order valence-corrected chi connectivity index (χ3v) is 5.27. The fourth-order valence-electron chi connectivity index (χ4n) is 1.86. The molecular weight excluding hydrogens is 274 g/mol. The Morgan fingerprint density at radius 1 is 1.28 bits per heavy atom. The van der Waals surface area contributed by atoms with Gasteiger partial charge in [-0.15, -0.1) is 11.6 Å². The zero-order valence-corrected chi connectivity index (χ0v) is 12.9. The summed E-state index contributed by atoms with van der Waals surface area (Å²) in [5.74, 6) is 1.12. The number of nitrogens with zero attached hydrogens (tertiary/aromatic N) is 1. The lowest BCUT2D eigenvalue weighted by molar-refractivity contribution is 0.453. The van der Waals surface area contributed by atoms with Gasteiger partial charge in [0.15, 0.2) is 0 Å². The number of rotatable bonds is 6. The van der Waals surface area contributed by atoms with Crippen LogP contribution in [0.4, 0.5) is 0 Å². The van der Waals surface area contributed by atoms with Crippen molar-refractivity contribution in [1.29, 1.82) is 0 Å². The minimum atomic E-state index is -3.51. The van der Waals surface area contributed by atoms with E-state index < -0.39 is 10.0 Å². The Hall–Kier alpha value is -0.520. The zero-order chi connectivity index (χ0) is 13.9. The van der Waals surface area contributed by atoms with Gasteiger partial charge in [0.2, 0.25) is 10.0 Å². The molecule has 0 atom stereocenters. The highest BCUT2D eigenvalue weighted by Crippen LogP contribution is 2.29. The number of aryl methyl sites for hydroxylation is 2. The van der Waals surface area contributed by atoms with E-state index >= 15 is 0 Å². The van der Waals surface area contributed by atoms with Crippen molar-refractivity contribution in [3.63, 3.8) is 0 Å². The largest absolute Gasteiger partial charge is 0.465 e. The first-order valence-electron chi connectivity index (χ1n) is 5.97. The van der Waals surface area contributed by atoms with Crippen LogP contribution < -0.4 is 0 Å². The van der Waals surface area contributed by atoms with Gasteiger partial charge in [0, 0.05) is 19.2 Å². The zero-order valence-electron chi connectivity index (χ0n) is 11.3. The van der Waals surface area contributed by atoms with E-state index in [0.29, 0.717) is 23.6 Å². The fourth-order valence-corrected chi connectivity index (χ4v) is 3.87. The molecule has 0 radical (unpaired) electrons. The van der Waals surface area contributed by atoms with E-state index in [4.69, 9.17) is 16.0 Å². The molecule has 1 aromatic heterocycles. The maximum atomic E-state index is 12.5. The second-order valence-electron chi connectivity index (χ2n) is 4.34. The number of sulfonamides is 1. The van der Waals surface area contributed by atoms with Crippen LogP contribution in [-0.2, 0) is 15.9 Å². The van der Waals surface area contributed by atoms with Gasteiger partial charge in [-0.1, -0.05) is 13.3 Å². The summed E-state index contributed by atoms with van der Waals surface area (Å²) in [6, 6.07) is 0. The molecule has 1 rings (SSSR count). The standard InChI is InChI=1S/C12H20ClNO3S/c1-5-6-7-14(4)18(15,16)12-10(3)17-9(2)11(12)8-13/h5-8H2,1-4H3. The molecule has 1 aromatic rings. The molecule has 104 valence electrons. The van der Waals surface area contributed by atoms with E-state index in [1.54, 1.807) is 20.9 Å². The van der Waals surface area contributed by atoms with Crippen molar-refractivity contribution in [2.24, 2.45) is 0 Å². The second kappa shape index (κ2) is 6.08. The number of hydrogen-bond acceptors (Lipinski definition) is 3. The average Bonchev–Trinajstić information content (AvgIpc) is 2.60. The minimum Gasteiger partial charge on any atom is -0.465 e. The van der Waals surface area contributed by atoms with Crippen molar-refractivity contribution in [2.75, 3.05) is 13.6 Å². The molecule has 0 spiro atoms. The first kappa shape index (κ1) is 15.5. The Labute approximate surface area is 114 Å². The summed E-state index contributed by atoms with van der Waals surface area (Å²) in [6.07, 6.45) is 1.79. The van der Waals surface area contributed by atoms with Gasteiger partial charge >= 0.3 is 0 Å². The SMILES string of the molecule is CCCCN(C)S(=O)(=O)c1c(C)oc(C)c1CCl. The van der Waals surface area contributed by atoms with E-state index in [1.807, 2.05) is 6.92 Å². The average molecular weight is 294 g/mol. The monoisotopic (exact) mass is 293 g/mol. The molecule has 0 saturated heterocycles. The lowest BCUT2D eigenvalue weighted by atomic mass is 10.3. The molecule has 0 saturated carbocycles. The summed E-state index contributed by atoms with van der Waals surface area (Å²) in [5, 5.41) is 0. The highest BCUT2D eigenvalue weighted by molar-refractivity contribution is 7.89. The quantitative estimate of drug-likeness (QED) is 0.758. The smallest absolute Gasteiger partial charge is 0.246 e. The van der Waals surface area contributed by atoms with Gasteiger partial charge in [-0.3, -0.25) is 0 Å². The molecule has 0 aliphatic carbocycles. The fraction of sp³-hybridized carbons (Fsp3) is 0.667.